The Kier molecular flexibility index (Phi) is 5.47. The summed E-state index contributed by atoms with van der Waals surface area (Å²) >= 11 is 6.01. The minimum atomic E-state index is -0.379. The predicted octanol–water partition coefficient (Wildman–Crippen LogP) is 3.58. The number of carbonyl (C=O) groups is 2. The summed E-state index contributed by atoms with van der Waals surface area (Å²) in [5.74, 6) is 0.109. The largest absolute Gasteiger partial charge is 0.497 e. The summed E-state index contributed by atoms with van der Waals surface area (Å²) in [5, 5.41) is 3.61. The van der Waals surface area contributed by atoms with Crippen molar-refractivity contribution in [2.45, 2.75) is 19.4 Å². The zero-order valence-corrected chi connectivity index (χ0v) is 15.5. The molecule has 1 N–H and O–H groups in total. The van der Waals surface area contributed by atoms with Gasteiger partial charge >= 0.3 is 0 Å². The Bertz CT molecular complexity index is 824. The molecule has 3 rings (SSSR count). The zero-order valence-electron chi connectivity index (χ0n) is 14.7. The lowest BCUT2D eigenvalue weighted by atomic mass is 10.1. The van der Waals surface area contributed by atoms with Gasteiger partial charge in [-0.05, 0) is 36.8 Å². The van der Waals surface area contributed by atoms with E-state index in [2.05, 4.69) is 5.32 Å². The number of hydrogen-bond acceptors (Lipinski definition) is 3. The summed E-state index contributed by atoms with van der Waals surface area (Å²) in [4.78, 5) is 26.6. The molecule has 0 aromatic heterocycles. The molecule has 2 atom stereocenters. The van der Waals surface area contributed by atoms with Crippen LogP contribution in [0, 0.1) is 5.92 Å². The molecule has 0 saturated carbocycles. The Morgan fingerprint density at radius 1 is 1.27 bits per heavy atom. The van der Waals surface area contributed by atoms with E-state index in [0.717, 1.165) is 11.3 Å². The van der Waals surface area contributed by atoms with Crippen molar-refractivity contribution in [2.24, 2.45) is 5.92 Å². The van der Waals surface area contributed by atoms with Crippen LogP contribution in [0.4, 0.5) is 5.69 Å². The third-order valence-electron chi connectivity index (χ3n) is 4.57. The summed E-state index contributed by atoms with van der Waals surface area (Å²) in [6.45, 7) is 2.26. The van der Waals surface area contributed by atoms with Gasteiger partial charge in [-0.3, -0.25) is 9.59 Å². The van der Waals surface area contributed by atoms with Crippen LogP contribution in [0.2, 0.25) is 5.02 Å². The SMILES string of the molecule is COc1cccc(N2C[C@H](C(=O)N[C@H](C)c3cccc(Cl)c3)CC2=O)c1. The number of anilines is 1. The van der Waals surface area contributed by atoms with E-state index < -0.39 is 0 Å². The lowest BCUT2D eigenvalue weighted by molar-refractivity contribution is -0.126. The Morgan fingerprint density at radius 2 is 2.04 bits per heavy atom. The van der Waals surface area contributed by atoms with Crippen LogP contribution in [0.15, 0.2) is 48.5 Å². The van der Waals surface area contributed by atoms with Gasteiger partial charge in [-0.25, -0.2) is 0 Å². The van der Waals surface area contributed by atoms with Crippen LogP contribution >= 0.6 is 11.6 Å². The van der Waals surface area contributed by atoms with Crippen molar-refractivity contribution in [2.75, 3.05) is 18.6 Å². The molecule has 0 spiro atoms. The van der Waals surface area contributed by atoms with Crippen molar-refractivity contribution in [3.8, 4) is 5.75 Å². The van der Waals surface area contributed by atoms with Gasteiger partial charge in [-0.15, -0.1) is 0 Å². The number of benzene rings is 2. The number of halogens is 1. The molecule has 0 bridgehead atoms. The molecule has 5 nitrogen and oxygen atoms in total. The molecule has 2 aromatic rings. The second-order valence-electron chi connectivity index (χ2n) is 6.39. The quantitative estimate of drug-likeness (QED) is 0.872. The van der Waals surface area contributed by atoms with Gasteiger partial charge in [0.05, 0.1) is 19.1 Å². The average molecular weight is 373 g/mol. The van der Waals surface area contributed by atoms with Crippen LogP contribution in [-0.2, 0) is 9.59 Å². The molecule has 0 unspecified atom stereocenters. The molecule has 6 heteroatoms. The first-order chi connectivity index (χ1) is 12.5. The highest BCUT2D eigenvalue weighted by Crippen LogP contribution is 2.28. The van der Waals surface area contributed by atoms with E-state index in [1.54, 1.807) is 24.1 Å². The highest BCUT2D eigenvalue weighted by Gasteiger charge is 2.35. The fourth-order valence-electron chi connectivity index (χ4n) is 3.10. The number of methoxy groups -OCH3 is 1. The van der Waals surface area contributed by atoms with Crippen molar-refractivity contribution in [1.82, 2.24) is 5.32 Å². The molecule has 1 saturated heterocycles. The van der Waals surface area contributed by atoms with E-state index >= 15 is 0 Å². The van der Waals surface area contributed by atoms with E-state index in [0.29, 0.717) is 17.3 Å². The maximum atomic E-state index is 12.6. The van der Waals surface area contributed by atoms with E-state index in [9.17, 15) is 9.59 Å². The van der Waals surface area contributed by atoms with Crippen LogP contribution in [-0.4, -0.2) is 25.5 Å². The second-order valence-corrected chi connectivity index (χ2v) is 6.83. The summed E-state index contributed by atoms with van der Waals surface area (Å²) < 4.78 is 5.21. The summed E-state index contributed by atoms with van der Waals surface area (Å²) in [6.07, 6.45) is 0.200. The molecule has 136 valence electrons. The number of hydrogen-bond donors (Lipinski definition) is 1. The Balaban J connectivity index is 1.67. The van der Waals surface area contributed by atoms with Crippen molar-refractivity contribution in [1.29, 1.82) is 0 Å². The van der Waals surface area contributed by atoms with Crippen molar-refractivity contribution < 1.29 is 14.3 Å². The number of amides is 2. The third kappa shape index (κ3) is 3.99. The van der Waals surface area contributed by atoms with E-state index in [4.69, 9.17) is 16.3 Å². The molecule has 2 amide bonds. The lowest BCUT2D eigenvalue weighted by Gasteiger charge is -2.19. The number of ether oxygens (including phenoxy) is 1. The first kappa shape index (κ1) is 18.3. The first-order valence-corrected chi connectivity index (χ1v) is 8.86. The maximum Gasteiger partial charge on any atom is 0.227 e. The lowest BCUT2D eigenvalue weighted by Crippen LogP contribution is -2.34. The van der Waals surface area contributed by atoms with Gasteiger partial charge in [-0.1, -0.05) is 29.8 Å². The van der Waals surface area contributed by atoms with Crippen LogP contribution in [0.3, 0.4) is 0 Å². The molecule has 2 aromatic carbocycles. The van der Waals surface area contributed by atoms with E-state index in [1.807, 2.05) is 43.3 Å². The fourth-order valence-corrected chi connectivity index (χ4v) is 3.30. The Labute approximate surface area is 157 Å². The van der Waals surface area contributed by atoms with Crippen molar-refractivity contribution in [3.05, 3.63) is 59.1 Å². The minimum Gasteiger partial charge on any atom is -0.497 e. The minimum absolute atomic E-state index is 0.0613. The van der Waals surface area contributed by atoms with Crippen LogP contribution in [0.5, 0.6) is 5.75 Å². The van der Waals surface area contributed by atoms with Gasteiger partial charge in [0.25, 0.3) is 0 Å². The summed E-state index contributed by atoms with van der Waals surface area (Å²) in [7, 11) is 1.58. The van der Waals surface area contributed by atoms with E-state index in [1.165, 1.54) is 0 Å². The molecular formula is C20H21ClN2O3. The van der Waals surface area contributed by atoms with Crippen LogP contribution < -0.4 is 15.0 Å². The van der Waals surface area contributed by atoms with Gasteiger partial charge in [0.2, 0.25) is 11.8 Å². The van der Waals surface area contributed by atoms with Crippen molar-refractivity contribution in [3.63, 3.8) is 0 Å². The first-order valence-electron chi connectivity index (χ1n) is 8.48. The maximum absolute atomic E-state index is 12.6. The third-order valence-corrected chi connectivity index (χ3v) is 4.80. The Hall–Kier alpha value is -2.53. The molecule has 1 aliphatic heterocycles. The highest BCUT2D eigenvalue weighted by atomic mass is 35.5. The van der Waals surface area contributed by atoms with E-state index in [-0.39, 0.29) is 30.2 Å². The van der Waals surface area contributed by atoms with Gasteiger partial charge < -0.3 is 15.0 Å². The number of nitrogens with one attached hydrogen (secondary N) is 1. The highest BCUT2D eigenvalue weighted by molar-refractivity contribution is 6.30. The van der Waals surface area contributed by atoms with Gasteiger partial charge in [-0.2, -0.15) is 0 Å². The van der Waals surface area contributed by atoms with Gasteiger partial charge in [0, 0.05) is 29.7 Å². The average Bonchev–Trinajstić information content (AvgIpc) is 3.03. The summed E-state index contributed by atoms with van der Waals surface area (Å²) in [5.41, 5.74) is 1.67. The summed E-state index contributed by atoms with van der Waals surface area (Å²) in [6, 6.07) is 14.5. The normalized spacial score (nSPS) is 17.9. The molecule has 26 heavy (non-hydrogen) atoms. The number of nitrogens with zero attached hydrogens (tertiary/aromatic N) is 1. The molecule has 0 aliphatic carbocycles. The van der Waals surface area contributed by atoms with Crippen molar-refractivity contribution >= 4 is 29.1 Å². The van der Waals surface area contributed by atoms with Crippen LogP contribution in [0.1, 0.15) is 24.9 Å². The predicted molar refractivity (Wildman–Crippen MR) is 101 cm³/mol. The van der Waals surface area contributed by atoms with Gasteiger partial charge in [0.1, 0.15) is 5.75 Å². The zero-order chi connectivity index (χ0) is 18.7. The fraction of sp³-hybridized carbons (Fsp3) is 0.300. The molecule has 1 heterocycles. The number of carbonyl (C=O) groups excluding carboxylic acids is 2. The molecule has 1 aliphatic rings. The molecular weight excluding hydrogens is 352 g/mol. The Morgan fingerprint density at radius 3 is 2.77 bits per heavy atom. The standard InChI is InChI=1S/C20H21ClN2O3/c1-13(14-5-3-6-16(21)9-14)22-20(25)15-10-19(24)23(12-15)17-7-4-8-18(11-17)26-2/h3-9,11,13,15H,10,12H2,1-2H3,(H,22,25)/t13-,15-/m1/s1. The molecule has 1 fully saturated rings. The van der Waals surface area contributed by atoms with Crippen LogP contribution in [0.25, 0.3) is 0 Å². The topological polar surface area (TPSA) is 58.6 Å². The smallest absolute Gasteiger partial charge is 0.227 e. The second kappa shape index (κ2) is 7.79. The molecule has 0 radical (unpaired) electrons. The monoisotopic (exact) mass is 372 g/mol. The number of rotatable bonds is 5. The van der Waals surface area contributed by atoms with Gasteiger partial charge in [0.15, 0.2) is 0 Å².